The summed E-state index contributed by atoms with van der Waals surface area (Å²) < 4.78 is 0. The predicted octanol–water partition coefficient (Wildman–Crippen LogP) is 9.05. The van der Waals surface area contributed by atoms with Crippen LogP contribution in [0.5, 0.6) is 0 Å². The van der Waals surface area contributed by atoms with E-state index in [1.807, 2.05) is 6.08 Å². The Morgan fingerprint density at radius 2 is 1.83 bits per heavy atom. The van der Waals surface area contributed by atoms with Gasteiger partial charge in [-0.2, -0.15) is 0 Å². The van der Waals surface area contributed by atoms with E-state index < -0.39 is 0 Å². The Labute approximate surface area is 217 Å². The minimum atomic E-state index is -0.0264. The van der Waals surface area contributed by atoms with E-state index in [1.165, 1.54) is 50.3 Å². The highest BCUT2D eigenvalue weighted by atomic mass is 14.9. The van der Waals surface area contributed by atoms with E-state index in [0.717, 1.165) is 25.7 Å². The third kappa shape index (κ3) is 4.48. The lowest BCUT2D eigenvalue weighted by atomic mass is 9.76. The smallest absolute Gasteiger partial charge is 0.0551 e. The molecule has 4 aliphatic rings. The number of hydrogen-bond acceptors (Lipinski definition) is 1. The van der Waals surface area contributed by atoms with Gasteiger partial charge in [-0.05, 0) is 84.6 Å². The van der Waals surface area contributed by atoms with Crippen LogP contribution in [0, 0.1) is 5.41 Å². The Morgan fingerprint density at radius 3 is 2.47 bits per heavy atom. The third-order valence-electron chi connectivity index (χ3n) is 8.20. The molecule has 184 valence electrons. The zero-order valence-corrected chi connectivity index (χ0v) is 22.3. The summed E-state index contributed by atoms with van der Waals surface area (Å²) in [5.41, 5.74) is 12.3. The van der Waals surface area contributed by atoms with Gasteiger partial charge in [0.25, 0.3) is 0 Å². The van der Waals surface area contributed by atoms with Crippen molar-refractivity contribution < 1.29 is 0 Å². The van der Waals surface area contributed by atoms with Crippen LogP contribution in [0.3, 0.4) is 0 Å². The fourth-order valence-corrected chi connectivity index (χ4v) is 6.20. The zero-order valence-electron chi connectivity index (χ0n) is 22.3. The van der Waals surface area contributed by atoms with Gasteiger partial charge in [-0.15, -0.1) is 0 Å². The van der Waals surface area contributed by atoms with E-state index in [-0.39, 0.29) is 17.4 Å². The van der Waals surface area contributed by atoms with Gasteiger partial charge in [-0.3, -0.25) is 0 Å². The predicted molar refractivity (Wildman–Crippen MR) is 156 cm³/mol. The van der Waals surface area contributed by atoms with Gasteiger partial charge < -0.3 is 5.32 Å². The maximum absolute atomic E-state index is 4.02. The molecule has 1 aromatic rings. The summed E-state index contributed by atoms with van der Waals surface area (Å²) in [5, 5.41) is 3.95. The van der Waals surface area contributed by atoms with Gasteiger partial charge in [0.2, 0.25) is 0 Å². The molecular formula is C35H39N. The SMILES string of the molecule is C=C/C=C1/C2=CC(c3ccc(C4=CCCC=C4)cc3)C(NC3=CC=C(C)CC3)C=C2C(C)(C)/C1=C/C. The summed E-state index contributed by atoms with van der Waals surface area (Å²) in [5.74, 6) is 0.252. The summed E-state index contributed by atoms with van der Waals surface area (Å²) in [6.07, 6.45) is 27.4. The molecule has 4 aliphatic carbocycles. The van der Waals surface area contributed by atoms with Gasteiger partial charge in [0.05, 0.1) is 6.04 Å². The minimum absolute atomic E-state index is 0.0264. The summed E-state index contributed by atoms with van der Waals surface area (Å²) in [4.78, 5) is 0. The Balaban J connectivity index is 1.57. The molecule has 0 heterocycles. The summed E-state index contributed by atoms with van der Waals surface area (Å²) in [7, 11) is 0. The largest absolute Gasteiger partial charge is 0.381 e. The van der Waals surface area contributed by atoms with Crippen LogP contribution in [-0.4, -0.2) is 6.04 Å². The average molecular weight is 474 g/mol. The quantitative estimate of drug-likeness (QED) is 0.450. The molecule has 1 heteroatoms. The Kier molecular flexibility index (Phi) is 6.75. The maximum atomic E-state index is 4.02. The zero-order chi connectivity index (χ0) is 25.3. The highest BCUT2D eigenvalue weighted by Crippen LogP contribution is 2.56. The molecule has 0 bridgehead atoms. The second-order valence-electron chi connectivity index (χ2n) is 11.0. The molecule has 0 aliphatic heterocycles. The van der Waals surface area contributed by atoms with Crippen molar-refractivity contribution in [3.63, 3.8) is 0 Å². The van der Waals surface area contributed by atoms with Gasteiger partial charge in [0.15, 0.2) is 0 Å². The molecule has 1 fully saturated rings. The van der Waals surface area contributed by atoms with E-state index in [1.54, 1.807) is 0 Å². The normalized spacial score (nSPS) is 27.1. The number of hydrogen-bond donors (Lipinski definition) is 1. The minimum Gasteiger partial charge on any atom is -0.381 e. The van der Waals surface area contributed by atoms with Crippen molar-refractivity contribution >= 4 is 5.57 Å². The van der Waals surface area contributed by atoms with Crippen molar-refractivity contribution in [2.75, 3.05) is 0 Å². The van der Waals surface area contributed by atoms with Crippen LogP contribution in [0.25, 0.3) is 5.57 Å². The lowest BCUT2D eigenvalue weighted by Crippen LogP contribution is -2.35. The monoisotopic (exact) mass is 473 g/mol. The molecular weight excluding hydrogens is 434 g/mol. The van der Waals surface area contributed by atoms with E-state index in [2.05, 4.69) is 119 Å². The summed E-state index contributed by atoms with van der Waals surface area (Å²) in [6.45, 7) is 13.1. The molecule has 0 amide bonds. The first-order valence-electron chi connectivity index (χ1n) is 13.5. The van der Waals surface area contributed by atoms with Crippen LogP contribution in [0.2, 0.25) is 0 Å². The standard InChI is InChI=1S/C35H39N/c1-6-11-29-31-22-30(27-18-16-26(17-19-27)25-12-9-8-10-13-25)34(36-28-20-14-24(3)15-21-28)23-33(31)35(4,5)32(29)7-2/h6-7,9,11-14,16-20,22-23,30,34,36H,1,8,10,15,21H2,2-5H3/b29-11-,32-7+. The van der Waals surface area contributed by atoms with Gasteiger partial charge >= 0.3 is 0 Å². The first-order chi connectivity index (χ1) is 17.4. The molecule has 1 aromatic carbocycles. The Morgan fingerprint density at radius 1 is 1.03 bits per heavy atom. The van der Waals surface area contributed by atoms with Crippen LogP contribution in [0.15, 0.2) is 125 Å². The van der Waals surface area contributed by atoms with Crippen molar-refractivity contribution in [1.82, 2.24) is 5.32 Å². The molecule has 0 spiro atoms. The first-order valence-corrected chi connectivity index (χ1v) is 13.5. The van der Waals surface area contributed by atoms with Crippen LogP contribution >= 0.6 is 0 Å². The topological polar surface area (TPSA) is 12.0 Å². The van der Waals surface area contributed by atoms with Crippen molar-refractivity contribution in [2.24, 2.45) is 5.41 Å². The summed E-state index contributed by atoms with van der Waals surface area (Å²) in [6, 6.07) is 9.48. The number of benzene rings is 1. The van der Waals surface area contributed by atoms with Gasteiger partial charge in [0, 0.05) is 17.0 Å². The summed E-state index contributed by atoms with van der Waals surface area (Å²) >= 11 is 0. The van der Waals surface area contributed by atoms with E-state index in [9.17, 15) is 0 Å². The molecule has 2 atom stereocenters. The van der Waals surface area contributed by atoms with Gasteiger partial charge in [0.1, 0.15) is 0 Å². The van der Waals surface area contributed by atoms with Gasteiger partial charge in [-0.25, -0.2) is 0 Å². The van der Waals surface area contributed by atoms with Crippen molar-refractivity contribution in [3.8, 4) is 0 Å². The number of fused-ring (bicyclic) bond motifs is 1. The lowest BCUT2D eigenvalue weighted by molar-refractivity contribution is 0.539. The molecule has 1 nitrogen and oxygen atoms in total. The van der Waals surface area contributed by atoms with Crippen LogP contribution < -0.4 is 5.32 Å². The molecule has 2 unspecified atom stereocenters. The van der Waals surface area contributed by atoms with Crippen LogP contribution in [0.1, 0.15) is 70.4 Å². The fraction of sp³-hybridized carbons (Fsp3) is 0.314. The third-order valence-corrected chi connectivity index (χ3v) is 8.20. The number of nitrogens with one attached hydrogen (secondary N) is 1. The maximum Gasteiger partial charge on any atom is 0.0551 e. The highest BCUT2D eigenvalue weighted by Gasteiger charge is 2.43. The second kappa shape index (κ2) is 9.97. The molecule has 0 radical (unpaired) electrons. The van der Waals surface area contributed by atoms with E-state index in [4.69, 9.17) is 0 Å². The Hall–Kier alpha value is -3.32. The first kappa shape index (κ1) is 24.4. The van der Waals surface area contributed by atoms with E-state index >= 15 is 0 Å². The van der Waals surface area contributed by atoms with Crippen molar-refractivity contribution in [3.05, 3.63) is 136 Å². The highest BCUT2D eigenvalue weighted by molar-refractivity contribution is 5.75. The second-order valence-corrected chi connectivity index (χ2v) is 11.0. The number of allylic oxidation sites excluding steroid dienone is 15. The average Bonchev–Trinajstić information content (AvgIpc) is 3.10. The fourth-order valence-electron chi connectivity index (χ4n) is 6.20. The van der Waals surface area contributed by atoms with E-state index in [0.29, 0.717) is 0 Å². The van der Waals surface area contributed by atoms with Crippen molar-refractivity contribution in [1.29, 1.82) is 0 Å². The Bertz CT molecular complexity index is 1290. The number of rotatable bonds is 5. The molecule has 36 heavy (non-hydrogen) atoms. The molecule has 1 N–H and O–H groups in total. The van der Waals surface area contributed by atoms with Crippen molar-refractivity contribution in [2.45, 2.75) is 65.3 Å². The lowest BCUT2D eigenvalue weighted by Gasteiger charge is -2.33. The van der Waals surface area contributed by atoms with Crippen LogP contribution in [0.4, 0.5) is 0 Å². The molecule has 0 saturated heterocycles. The van der Waals surface area contributed by atoms with Gasteiger partial charge in [-0.1, -0.05) is 105 Å². The molecule has 5 rings (SSSR count). The van der Waals surface area contributed by atoms with Crippen LogP contribution in [-0.2, 0) is 0 Å². The molecule has 0 aromatic heterocycles. The molecule has 1 saturated carbocycles.